The minimum Gasteiger partial charge on any atom is -0.493 e. The van der Waals surface area contributed by atoms with Gasteiger partial charge in [0.2, 0.25) is 0 Å². The third-order valence-corrected chi connectivity index (χ3v) is 6.17. The molecule has 1 aliphatic heterocycles. The van der Waals surface area contributed by atoms with Crippen molar-refractivity contribution in [3.8, 4) is 11.5 Å². The zero-order valence-corrected chi connectivity index (χ0v) is 19.0. The van der Waals surface area contributed by atoms with Crippen molar-refractivity contribution in [1.29, 1.82) is 0 Å². The van der Waals surface area contributed by atoms with Crippen molar-refractivity contribution in [3.63, 3.8) is 0 Å². The molecule has 0 saturated carbocycles. The zero-order valence-electron chi connectivity index (χ0n) is 16.6. The second-order valence-electron chi connectivity index (χ2n) is 6.65. The number of methoxy groups -OCH3 is 1. The van der Waals surface area contributed by atoms with Gasteiger partial charge < -0.3 is 9.47 Å². The van der Waals surface area contributed by atoms with E-state index in [1.54, 1.807) is 49.6 Å². The molecule has 0 radical (unpaired) electrons. The van der Waals surface area contributed by atoms with E-state index in [0.29, 0.717) is 34.3 Å². The Morgan fingerprint density at radius 2 is 1.65 bits per heavy atom. The van der Waals surface area contributed by atoms with Crippen molar-refractivity contribution < 1.29 is 19.1 Å². The maximum Gasteiger partial charge on any atom is 0.298 e. The highest BCUT2D eigenvalue weighted by Crippen LogP contribution is 2.39. The van der Waals surface area contributed by atoms with Gasteiger partial charge in [-0.2, -0.15) is 0 Å². The summed E-state index contributed by atoms with van der Waals surface area (Å²) in [4.78, 5) is 26.8. The van der Waals surface area contributed by atoms with Gasteiger partial charge in [-0.25, -0.2) is 4.90 Å². The molecule has 0 atom stereocenters. The van der Waals surface area contributed by atoms with Crippen LogP contribution in [0.4, 0.5) is 10.5 Å². The minimum absolute atomic E-state index is 0.326. The lowest BCUT2D eigenvalue weighted by Gasteiger charge is -2.13. The first-order valence-corrected chi connectivity index (χ1v) is 11.0. The Kier molecular flexibility index (Phi) is 6.44. The second kappa shape index (κ2) is 9.41. The maximum atomic E-state index is 12.9. The average molecular weight is 496 g/mol. The predicted octanol–water partition coefficient (Wildman–Crippen LogP) is 6.28. The molecule has 0 aromatic heterocycles. The molecule has 3 aromatic carbocycles. The fraction of sp³-hybridized carbons (Fsp3) is 0.0833. The molecule has 0 bridgehead atoms. The largest absolute Gasteiger partial charge is 0.493 e. The Bertz CT molecular complexity index is 1150. The van der Waals surface area contributed by atoms with Gasteiger partial charge in [0.05, 0.1) is 17.7 Å². The lowest BCUT2D eigenvalue weighted by Crippen LogP contribution is -2.27. The van der Waals surface area contributed by atoms with Crippen LogP contribution in [-0.4, -0.2) is 18.3 Å². The number of carbonyl (C=O) groups is 2. The summed E-state index contributed by atoms with van der Waals surface area (Å²) in [5, 5.41) is -0.326. The number of ether oxygens (including phenoxy) is 2. The number of benzene rings is 3. The van der Waals surface area contributed by atoms with Gasteiger partial charge in [-0.15, -0.1) is 0 Å². The van der Waals surface area contributed by atoms with E-state index in [1.165, 1.54) is 4.90 Å². The van der Waals surface area contributed by atoms with Gasteiger partial charge >= 0.3 is 0 Å². The van der Waals surface area contributed by atoms with Gasteiger partial charge in [0.1, 0.15) is 6.61 Å². The minimum atomic E-state index is -0.350. The first-order valence-electron chi connectivity index (χ1n) is 9.44. The van der Waals surface area contributed by atoms with E-state index in [0.717, 1.165) is 21.8 Å². The van der Waals surface area contributed by atoms with Crippen LogP contribution in [0.1, 0.15) is 11.1 Å². The Labute approximate surface area is 192 Å². The van der Waals surface area contributed by atoms with Gasteiger partial charge in [0, 0.05) is 4.47 Å². The summed E-state index contributed by atoms with van der Waals surface area (Å²) in [6.07, 6.45) is 1.68. The Morgan fingerprint density at radius 3 is 2.32 bits per heavy atom. The monoisotopic (exact) mass is 495 g/mol. The van der Waals surface area contributed by atoms with E-state index < -0.39 is 0 Å². The summed E-state index contributed by atoms with van der Waals surface area (Å²) >= 11 is 4.45. The molecule has 5 nitrogen and oxygen atoms in total. The number of carbonyl (C=O) groups excluding carboxylic acids is 2. The van der Waals surface area contributed by atoms with E-state index in [4.69, 9.17) is 9.47 Å². The molecular weight excluding hydrogens is 478 g/mol. The fourth-order valence-electron chi connectivity index (χ4n) is 3.08. The molecule has 3 aromatic rings. The van der Waals surface area contributed by atoms with Crippen molar-refractivity contribution >= 4 is 50.6 Å². The molecule has 2 amide bonds. The smallest absolute Gasteiger partial charge is 0.298 e. The Morgan fingerprint density at radius 1 is 0.968 bits per heavy atom. The molecule has 4 rings (SSSR count). The number of amides is 2. The Balaban J connectivity index is 1.59. The summed E-state index contributed by atoms with van der Waals surface area (Å²) < 4.78 is 12.1. The van der Waals surface area contributed by atoms with E-state index in [9.17, 15) is 9.59 Å². The predicted molar refractivity (Wildman–Crippen MR) is 126 cm³/mol. The molecule has 1 saturated heterocycles. The van der Waals surface area contributed by atoms with Gasteiger partial charge in [-0.3, -0.25) is 9.59 Å². The van der Waals surface area contributed by atoms with Gasteiger partial charge in [0.25, 0.3) is 11.1 Å². The van der Waals surface area contributed by atoms with Crippen LogP contribution in [0.3, 0.4) is 0 Å². The third-order valence-electron chi connectivity index (χ3n) is 4.61. The summed E-state index contributed by atoms with van der Waals surface area (Å²) in [7, 11) is 1.56. The molecule has 156 valence electrons. The molecule has 0 unspecified atom stereocenters. The van der Waals surface area contributed by atoms with Crippen LogP contribution < -0.4 is 14.4 Å². The first kappa shape index (κ1) is 21.2. The number of thioether (sulfide) groups is 1. The molecule has 0 aliphatic carbocycles. The van der Waals surface area contributed by atoms with Crippen molar-refractivity contribution in [1.82, 2.24) is 0 Å². The zero-order chi connectivity index (χ0) is 21.8. The van der Waals surface area contributed by atoms with Crippen molar-refractivity contribution in [2.75, 3.05) is 12.0 Å². The van der Waals surface area contributed by atoms with Crippen LogP contribution in [0.25, 0.3) is 6.08 Å². The first-order chi connectivity index (χ1) is 15.1. The lowest BCUT2D eigenvalue weighted by atomic mass is 10.1. The second-order valence-corrected chi connectivity index (χ2v) is 8.50. The quantitative estimate of drug-likeness (QED) is 0.376. The molecule has 31 heavy (non-hydrogen) atoms. The molecule has 0 spiro atoms. The third kappa shape index (κ3) is 4.68. The highest BCUT2D eigenvalue weighted by Gasteiger charge is 2.36. The molecule has 7 heteroatoms. The van der Waals surface area contributed by atoms with Gasteiger partial charge in [0.15, 0.2) is 11.5 Å². The van der Waals surface area contributed by atoms with E-state index >= 15 is 0 Å². The van der Waals surface area contributed by atoms with E-state index in [2.05, 4.69) is 15.9 Å². The number of imide groups is 1. The molecular formula is C24H18BrNO4S. The number of halogens is 1. The summed E-state index contributed by atoms with van der Waals surface area (Å²) in [6, 6.07) is 22.3. The van der Waals surface area contributed by atoms with E-state index in [1.807, 2.05) is 36.4 Å². The Hall–Kier alpha value is -3.03. The van der Waals surface area contributed by atoms with Crippen molar-refractivity contribution in [3.05, 3.63) is 93.3 Å². The van der Waals surface area contributed by atoms with Crippen molar-refractivity contribution in [2.45, 2.75) is 6.61 Å². The van der Waals surface area contributed by atoms with E-state index in [-0.39, 0.29) is 11.1 Å². The van der Waals surface area contributed by atoms with Gasteiger partial charge in [-0.1, -0.05) is 64.5 Å². The van der Waals surface area contributed by atoms with Crippen LogP contribution in [-0.2, 0) is 11.4 Å². The fourth-order valence-corrected chi connectivity index (χ4v) is 4.35. The maximum absolute atomic E-state index is 12.9. The highest BCUT2D eigenvalue weighted by atomic mass is 79.9. The molecule has 0 N–H and O–H groups in total. The average Bonchev–Trinajstić information content (AvgIpc) is 3.07. The standard InChI is InChI=1S/C24H18BrNO4S/c1-29-20-12-17(19(25)14-21(20)30-15-16-8-4-2-5-9-16)13-22-23(27)26(24(28)31-22)18-10-6-3-7-11-18/h2-14H,15H2,1H3/b22-13-. The molecule has 1 aliphatic rings. The van der Waals surface area contributed by atoms with Crippen LogP contribution in [0, 0.1) is 0 Å². The number of anilines is 1. The number of para-hydroxylation sites is 1. The SMILES string of the molecule is COc1cc(/C=C2\SC(=O)N(c3ccccc3)C2=O)c(Br)cc1OCc1ccccc1. The topological polar surface area (TPSA) is 55.8 Å². The van der Waals surface area contributed by atoms with Crippen LogP contribution >= 0.6 is 27.7 Å². The summed E-state index contributed by atoms with van der Waals surface area (Å²) in [5.74, 6) is 0.761. The molecule has 1 heterocycles. The molecule has 1 fully saturated rings. The van der Waals surface area contributed by atoms with Crippen LogP contribution in [0.5, 0.6) is 11.5 Å². The lowest BCUT2D eigenvalue weighted by molar-refractivity contribution is -0.113. The van der Waals surface area contributed by atoms with Gasteiger partial charge in [-0.05, 0) is 53.2 Å². The number of nitrogens with zero attached hydrogens (tertiary/aromatic N) is 1. The number of rotatable bonds is 6. The van der Waals surface area contributed by atoms with Crippen LogP contribution in [0.15, 0.2) is 82.2 Å². The summed E-state index contributed by atoms with van der Waals surface area (Å²) in [6.45, 7) is 0.402. The van der Waals surface area contributed by atoms with Crippen LogP contribution in [0.2, 0.25) is 0 Å². The number of hydrogen-bond donors (Lipinski definition) is 0. The van der Waals surface area contributed by atoms with Crippen molar-refractivity contribution in [2.24, 2.45) is 0 Å². The normalized spacial score (nSPS) is 14.9. The highest BCUT2D eigenvalue weighted by molar-refractivity contribution is 9.10. The summed E-state index contributed by atoms with van der Waals surface area (Å²) in [5.41, 5.74) is 2.30. The number of hydrogen-bond acceptors (Lipinski definition) is 5.